The van der Waals surface area contributed by atoms with Gasteiger partial charge in [-0.1, -0.05) is 23.7 Å². The van der Waals surface area contributed by atoms with Crippen molar-refractivity contribution in [1.29, 1.82) is 0 Å². The lowest BCUT2D eigenvalue weighted by Gasteiger charge is -2.02. The van der Waals surface area contributed by atoms with Gasteiger partial charge in [0.15, 0.2) is 0 Å². The summed E-state index contributed by atoms with van der Waals surface area (Å²) in [6.45, 7) is 1.89. The molecule has 1 heterocycles. The first kappa shape index (κ1) is 17.6. The average Bonchev–Trinajstić information content (AvgIpc) is 2.57. The number of rotatable bonds is 6. The van der Waals surface area contributed by atoms with Gasteiger partial charge in [-0.2, -0.15) is 0 Å². The van der Waals surface area contributed by atoms with E-state index in [0.29, 0.717) is 29.2 Å². The summed E-state index contributed by atoms with van der Waals surface area (Å²) in [5.41, 5.74) is 1.40. The van der Waals surface area contributed by atoms with E-state index in [1.165, 1.54) is 18.6 Å². The molecule has 0 spiro atoms. The molecule has 2 rings (SSSR count). The predicted octanol–water partition coefficient (Wildman–Crippen LogP) is 3.43. The van der Waals surface area contributed by atoms with Gasteiger partial charge < -0.3 is 9.84 Å². The molecule has 6 nitrogen and oxygen atoms in total. The van der Waals surface area contributed by atoms with Crippen molar-refractivity contribution in [3.63, 3.8) is 0 Å². The SMILES string of the molecule is CCOC(=O)C(C=Nc1cnc(Cc2cccc(Cl)c2)nc1)=CO. The highest BCUT2D eigenvalue weighted by molar-refractivity contribution is 6.30. The van der Waals surface area contributed by atoms with E-state index in [9.17, 15) is 4.79 Å². The maximum atomic E-state index is 11.5. The molecule has 0 saturated heterocycles. The molecule has 0 amide bonds. The first-order valence-corrected chi connectivity index (χ1v) is 7.61. The largest absolute Gasteiger partial charge is 0.515 e. The van der Waals surface area contributed by atoms with Crippen LogP contribution in [0.15, 0.2) is 53.5 Å². The smallest absolute Gasteiger partial charge is 0.342 e. The summed E-state index contributed by atoms with van der Waals surface area (Å²) in [6.07, 6.45) is 5.46. The lowest BCUT2D eigenvalue weighted by atomic mass is 10.1. The molecule has 0 unspecified atom stereocenters. The molecule has 0 aliphatic rings. The number of ether oxygens (including phenoxy) is 1. The van der Waals surface area contributed by atoms with Crippen molar-refractivity contribution >= 4 is 29.5 Å². The number of halogens is 1. The van der Waals surface area contributed by atoms with Gasteiger partial charge in [-0.25, -0.2) is 14.8 Å². The molecule has 2 aromatic rings. The van der Waals surface area contributed by atoms with Crippen LogP contribution in [0, 0.1) is 0 Å². The molecule has 0 radical (unpaired) electrons. The molecule has 7 heteroatoms. The summed E-state index contributed by atoms with van der Waals surface area (Å²) in [7, 11) is 0. The first-order valence-electron chi connectivity index (χ1n) is 7.23. The Bertz CT molecular complexity index is 758. The number of nitrogens with zero attached hydrogens (tertiary/aromatic N) is 3. The van der Waals surface area contributed by atoms with E-state index in [4.69, 9.17) is 21.4 Å². The van der Waals surface area contributed by atoms with Gasteiger partial charge in [0, 0.05) is 17.7 Å². The van der Waals surface area contributed by atoms with E-state index in [0.717, 1.165) is 5.56 Å². The van der Waals surface area contributed by atoms with E-state index in [-0.39, 0.29) is 12.2 Å². The van der Waals surface area contributed by atoms with Crippen molar-refractivity contribution in [3.05, 3.63) is 64.9 Å². The van der Waals surface area contributed by atoms with Gasteiger partial charge in [-0.15, -0.1) is 0 Å². The minimum atomic E-state index is -0.651. The predicted molar refractivity (Wildman–Crippen MR) is 91.8 cm³/mol. The van der Waals surface area contributed by atoms with E-state index >= 15 is 0 Å². The fraction of sp³-hybridized carbons (Fsp3) is 0.176. The molecule has 0 saturated carbocycles. The molecule has 1 N–H and O–H groups in total. The van der Waals surface area contributed by atoms with Crippen molar-refractivity contribution in [3.8, 4) is 0 Å². The number of esters is 1. The zero-order valence-corrected chi connectivity index (χ0v) is 13.8. The molecule has 124 valence electrons. The highest BCUT2D eigenvalue weighted by atomic mass is 35.5. The van der Waals surface area contributed by atoms with Crippen LogP contribution in [-0.4, -0.2) is 33.9 Å². The van der Waals surface area contributed by atoms with Gasteiger partial charge in [-0.05, 0) is 24.6 Å². The maximum absolute atomic E-state index is 11.5. The van der Waals surface area contributed by atoms with Gasteiger partial charge in [0.1, 0.15) is 11.4 Å². The maximum Gasteiger partial charge on any atom is 0.342 e. The van der Waals surface area contributed by atoms with E-state index in [1.807, 2.05) is 18.2 Å². The van der Waals surface area contributed by atoms with Crippen LogP contribution in [0.2, 0.25) is 5.02 Å². The van der Waals surface area contributed by atoms with Crippen LogP contribution in [0.1, 0.15) is 18.3 Å². The lowest BCUT2D eigenvalue weighted by molar-refractivity contribution is -0.137. The third-order valence-corrected chi connectivity index (χ3v) is 3.18. The summed E-state index contributed by atoms with van der Waals surface area (Å²) in [6, 6.07) is 7.47. The summed E-state index contributed by atoms with van der Waals surface area (Å²) in [4.78, 5) is 24.0. The number of hydrogen-bond donors (Lipinski definition) is 1. The van der Waals surface area contributed by atoms with Gasteiger partial charge in [0.2, 0.25) is 0 Å². The Balaban J connectivity index is 2.04. The number of carbonyl (C=O) groups excluding carboxylic acids is 1. The molecule has 0 atom stereocenters. The Morgan fingerprint density at radius 3 is 2.75 bits per heavy atom. The number of aliphatic hydroxyl groups is 1. The minimum absolute atomic E-state index is 0.0557. The Morgan fingerprint density at radius 1 is 1.38 bits per heavy atom. The molecule has 1 aromatic carbocycles. The fourth-order valence-electron chi connectivity index (χ4n) is 1.83. The summed E-state index contributed by atoms with van der Waals surface area (Å²) < 4.78 is 4.78. The van der Waals surface area contributed by atoms with E-state index < -0.39 is 5.97 Å². The molecule has 1 aromatic heterocycles. The number of aliphatic imine (C=N–C) groups is 1. The second-order valence-electron chi connectivity index (χ2n) is 4.73. The Morgan fingerprint density at radius 2 is 2.12 bits per heavy atom. The monoisotopic (exact) mass is 345 g/mol. The van der Waals surface area contributed by atoms with Crippen molar-refractivity contribution < 1.29 is 14.6 Å². The number of carbonyl (C=O) groups is 1. The third-order valence-electron chi connectivity index (χ3n) is 2.95. The van der Waals surface area contributed by atoms with Crippen LogP contribution in [0.5, 0.6) is 0 Å². The van der Waals surface area contributed by atoms with Gasteiger partial charge in [0.05, 0.1) is 31.0 Å². The summed E-state index contributed by atoms with van der Waals surface area (Å²) >= 11 is 5.95. The van der Waals surface area contributed by atoms with Crippen LogP contribution in [0.25, 0.3) is 0 Å². The van der Waals surface area contributed by atoms with Gasteiger partial charge in [0.25, 0.3) is 0 Å². The number of hydrogen-bond acceptors (Lipinski definition) is 6. The molecule has 0 fully saturated rings. The number of aliphatic hydroxyl groups excluding tert-OH is 1. The standard InChI is InChI=1S/C17H16ClN3O3/c1-2-24-17(23)13(11-22)8-19-15-9-20-16(21-10-15)7-12-4-3-5-14(18)6-12/h3-6,8-11,22H,2,7H2,1H3. The quantitative estimate of drug-likeness (QED) is 0.375. The Hall–Kier alpha value is -2.73. The highest BCUT2D eigenvalue weighted by Gasteiger charge is 2.08. The number of aromatic nitrogens is 2. The first-order chi connectivity index (χ1) is 11.6. The average molecular weight is 346 g/mol. The lowest BCUT2D eigenvalue weighted by Crippen LogP contribution is -2.08. The van der Waals surface area contributed by atoms with Crippen LogP contribution >= 0.6 is 11.6 Å². The zero-order chi connectivity index (χ0) is 17.4. The molecular weight excluding hydrogens is 330 g/mol. The van der Waals surface area contributed by atoms with Gasteiger partial charge >= 0.3 is 5.97 Å². The molecule has 0 aliphatic carbocycles. The van der Waals surface area contributed by atoms with Crippen molar-refractivity contribution in [2.45, 2.75) is 13.3 Å². The van der Waals surface area contributed by atoms with Crippen LogP contribution in [0.4, 0.5) is 5.69 Å². The third kappa shape index (κ3) is 5.17. The van der Waals surface area contributed by atoms with Crippen molar-refractivity contribution in [2.24, 2.45) is 4.99 Å². The zero-order valence-electron chi connectivity index (χ0n) is 13.0. The fourth-order valence-corrected chi connectivity index (χ4v) is 2.05. The van der Waals surface area contributed by atoms with Crippen LogP contribution < -0.4 is 0 Å². The van der Waals surface area contributed by atoms with Crippen LogP contribution in [-0.2, 0) is 16.0 Å². The van der Waals surface area contributed by atoms with Crippen LogP contribution in [0.3, 0.4) is 0 Å². The molecule has 0 aliphatic heterocycles. The van der Waals surface area contributed by atoms with E-state index in [2.05, 4.69) is 15.0 Å². The highest BCUT2D eigenvalue weighted by Crippen LogP contribution is 2.14. The summed E-state index contributed by atoms with van der Waals surface area (Å²) in [5, 5.41) is 9.70. The summed E-state index contributed by atoms with van der Waals surface area (Å²) in [5.74, 6) is -0.0261. The molecule has 0 bridgehead atoms. The Labute approximate surface area is 144 Å². The minimum Gasteiger partial charge on any atom is -0.515 e. The Kier molecular flexibility index (Phi) is 6.45. The second kappa shape index (κ2) is 8.79. The molecular formula is C17H16ClN3O3. The normalized spacial score (nSPS) is 11.7. The second-order valence-corrected chi connectivity index (χ2v) is 5.16. The van der Waals surface area contributed by atoms with Crippen molar-refractivity contribution in [1.82, 2.24) is 9.97 Å². The number of benzene rings is 1. The van der Waals surface area contributed by atoms with Gasteiger partial charge in [-0.3, -0.25) is 4.99 Å². The topological polar surface area (TPSA) is 84.7 Å². The molecule has 24 heavy (non-hydrogen) atoms. The van der Waals surface area contributed by atoms with E-state index in [1.54, 1.807) is 13.0 Å². The van der Waals surface area contributed by atoms with Crippen molar-refractivity contribution in [2.75, 3.05) is 6.61 Å².